The van der Waals surface area contributed by atoms with Crippen molar-refractivity contribution in [3.05, 3.63) is 71.5 Å². The molecule has 22 heavy (non-hydrogen) atoms. The van der Waals surface area contributed by atoms with Crippen molar-refractivity contribution in [3.63, 3.8) is 0 Å². The van der Waals surface area contributed by atoms with Crippen LogP contribution in [0.4, 0.5) is 4.39 Å². The van der Waals surface area contributed by atoms with Crippen molar-refractivity contribution in [2.45, 2.75) is 25.2 Å². The third-order valence-electron chi connectivity index (χ3n) is 4.03. The van der Waals surface area contributed by atoms with E-state index in [0.717, 1.165) is 25.1 Å². The topological polar surface area (TPSA) is 32.3 Å². The SMILES string of the molecule is CC(CNCC(CCO)c1ccccc1)c1ccc(F)cc1. The second-order valence-corrected chi connectivity index (χ2v) is 5.73. The predicted molar refractivity (Wildman–Crippen MR) is 88.6 cm³/mol. The van der Waals surface area contributed by atoms with Gasteiger partial charge in [0.25, 0.3) is 0 Å². The first kappa shape index (κ1) is 16.7. The van der Waals surface area contributed by atoms with Crippen LogP contribution >= 0.6 is 0 Å². The van der Waals surface area contributed by atoms with Crippen molar-refractivity contribution in [3.8, 4) is 0 Å². The summed E-state index contributed by atoms with van der Waals surface area (Å²) in [5.74, 6) is 0.439. The van der Waals surface area contributed by atoms with E-state index >= 15 is 0 Å². The molecule has 0 aliphatic heterocycles. The van der Waals surface area contributed by atoms with Gasteiger partial charge in [-0.2, -0.15) is 0 Å². The van der Waals surface area contributed by atoms with E-state index in [1.54, 1.807) is 0 Å². The minimum atomic E-state index is -0.198. The first-order valence-electron chi connectivity index (χ1n) is 7.82. The van der Waals surface area contributed by atoms with Gasteiger partial charge in [-0.25, -0.2) is 4.39 Å². The number of halogens is 1. The third kappa shape index (κ3) is 4.93. The van der Waals surface area contributed by atoms with Gasteiger partial charge in [0.2, 0.25) is 0 Å². The maximum Gasteiger partial charge on any atom is 0.123 e. The maximum atomic E-state index is 12.9. The monoisotopic (exact) mass is 301 g/mol. The van der Waals surface area contributed by atoms with Crippen LogP contribution in [0.5, 0.6) is 0 Å². The van der Waals surface area contributed by atoms with E-state index in [1.807, 2.05) is 30.3 Å². The lowest BCUT2D eigenvalue weighted by Gasteiger charge is -2.19. The van der Waals surface area contributed by atoms with Crippen molar-refractivity contribution in [1.82, 2.24) is 5.32 Å². The molecule has 0 radical (unpaired) electrons. The maximum absolute atomic E-state index is 12.9. The van der Waals surface area contributed by atoms with Gasteiger partial charge in [-0.3, -0.25) is 0 Å². The standard InChI is InChI=1S/C19H24FNO/c1-15(16-7-9-19(20)10-8-16)13-21-14-18(11-12-22)17-5-3-2-4-6-17/h2-10,15,18,21-22H,11-14H2,1H3. The molecule has 2 unspecified atom stereocenters. The summed E-state index contributed by atoms with van der Waals surface area (Å²) in [5.41, 5.74) is 2.38. The lowest BCUT2D eigenvalue weighted by molar-refractivity contribution is 0.273. The van der Waals surface area contributed by atoms with Crippen molar-refractivity contribution >= 4 is 0 Å². The van der Waals surface area contributed by atoms with Gasteiger partial charge in [0.1, 0.15) is 5.82 Å². The van der Waals surface area contributed by atoms with Crippen molar-refractivity contribution < 1.29 is 9.50 Å². The molecule has 0 saturated heterocycles. The molecule has 0 aliphatic carbocycles. The lowest BCUT2D eigenvalue weighted by Crippen LogP contribution is -2.26. The molecule has 2 atom stereocenters. The predicted octanol–water partition coefficient (Wildman–Crippen LogP) is 3.69. The van der Waals surface area contributed by atoms with E-state index < -0.39 is 0 Å². The number of aliphatic hydroxyl groups is 1. The smallest absolute Gasteiger partial charge is 0.123 e. The largest absolute Gasteiger partial charge is 0.396 e. The summed E-state index contributed by atoms with van der Waals surface area (Å²) < 4.78 is 12.9. The number of hydrogen-bond acceptors (Lipinski definition) is 2. The molecule has 0 aliphatic rings. The van der Waals surface area contributed by atoms with E-state index in [2.05, 4.69) is 24.4 Å². The van der Waals surface area contributed by atoms with Gasteiger partial charge in [-0.1, -0.05) is 49.4 Å². The lowest BCUT2D eigenvalue weighted by atomic mass is 9.95. The fourth-order valence-corrected chi connectivity index (χ4v) is 2.65. The van der Waals surface area contributed by atoms with Crippen LogP contribution in [0.25, 0.3) is 0 Å². The summed E-state index contributed by atoms with van der Waals surface area (Å²) in [6, 6.07) is 16.9. The van der Waals surface area contributed by atoms with Crippen LogP contribution in [0, 0.1) is 5.82 Å². The molecule has 0 bridgehead atoms. The second-order valence-electron chi connectivity index (χ2n) is 5.73. The molecule has 2 rings (SSSR count). The molecule has 0 spiro atoms. The summed E-state index contributed by atoms with van der Waals surface area (Å²) >= 11 is 0. The highest BCUT2D eigenvalue weighted by molar-refractivity contribution is 5.21. The Morgan fingerprint density at radius 2 is 1.64 bits per heavy atom. The number of benzene rings is 2. The minimum Gasteiger partial charge on any atom is -0.396 e. The molecule has 0 amide bonds. The Kier molecular flexibility index (Phi) is 6.56. The summed E-state index contributed by atoms with van der Waals surface area (Å²) in [5, 5.41) is 12.7. The fraction of sp³-hybridized carbons (Fsp3) is 0.368. The highest BCUT2D eigenvalue weighted by Gasteiger charge is 2.12. The molecule has 2 aromatic rings. The normalized spacial score (nSPS) is 13.8. The van der Waals surface area contributed by atoms with E-state index in [9.17, 15) is 9.50 Å². The van der Waals surface area contributed by atoms with Crippen LogP contribution < -0.4 is 5.32 Å². The van der Waals surface area contributed by atoms with Gasteiger partial charge >= 0.3 is 0 Å². The minimum absolute atomic E-state index is 0.189. The van der Waals surface area contributed by atoms with Crippen molar-refractivity contribution in [1.29, 1.82) is 0 Å². The zero-order valence-electron chi connectivity index (χ0n) is 13.0. The third-order valence-corrected chi connectivity index (χ3v) is 4.03. The van der Waals surface area contributed by atoms with Gasteiger partial charge < -0.3 is 10.4 Å². The van der Waals surface area contributed by atoms with Crippen LogP contribution in [0.3, 0.4) is 0 Å². The molecule has 0 fully saturated rings. The molecule has 118 valence electrons. The number of hydrogen-bond donors (Lipinski definition) is 2. The Morgan fingerprint density at radius 3 is 2.27 bits per heavy atom. The highest BCUT2D eigenvalue weighted by Crippen LogP contribution is 2.19. The molecule has 2 nitrogen and oxygen atoms in total. The van der Waals surface area contributed by atoms with Gasteiger partial charge in [-0.15, -0.1) is 0 Å². The quantitative estimate of drug-likeness (QED) is 0.779. The summed E-state index contributed by atoms with van der Waals surface area (Å²) in [7, 11) is 0. The van der Waals surface area contributed by atoms with Gasteiger partial charge in [0.15, 0.2) is 0 Å². The molecule has 0 heterocycles. The van der Waals surface area contributed by atoms with E-state index in [-0.39, 0.29) is 12.4 Å². The first-order chi connectivity index (χ1) is 10.7. The van der Waals surface area contributed by atoms with E-state index in [0.29, 0.717) is 11.8 Å². The Balaban J connectivity index is 1.86. The summed E-state index contributed by atoms with van der Waals surface area (Å²) in [6.45, 7) is 3.98. The summed E-state index contributed by atoms with van der Waals surface area (Å²) in [6.07, 6.45) is 0.752. The average molecular weight is 301 g/mol. The van der Waals surface area contributed by atoms with Crippen LogP contribution in [-0.4, -0.2) is 24.8 Å². The van der Waals surface area contributed by atoms with Crippen LogP contribution in [0.15, 0.2) is 54.6 Å². The van der Waals surface area contributed by atoms with Gasteiger partial charge in [0.05, 0.1) is 0 Å². The molecule has 2 aromatic carbocycles. The molecule has 0 saturated carbocycles. The number of aliphatic hydroxyl groups excluding tert-OH is 1. The molecular formula is C19H24FNO. The van der Waals surface area contributed by atoms with Crippen LogP contribution in [-0.2, 0) is 0 Å². The second kappa shape index (κ2) is 8.66. The highest BCUT2D eigenvalue weighted by atomic mass is 19.1. The molecule has 0 aromatic heterocycles. The number of rotatable bonds is 8. The Hall–Kier alpha value is -1.71. The van der Waals surface area contributed by atoms with Crippen molar-refractivity contribution in [2.75, 3.05) is 19.7 Å². The van der Waals surface area contributed by atoms with Crippen molar-refractivity contribution in [2.24, 2.45) is 0 Å². The van der Waals surface area contributed by atoms with E-state index in [1.165, 1.54) is 17.7 Å². The Bertz CT molecular complexity index is 541. The molecule has 2 N–H and O–H groups in total. The summed E-state index contributed by atoms with van der Waals surface area (Å²) in [4.78, 5) is 0. The fourth-order valence-electron chi connectivity index (χ4n) is 2.65. The first-order valence-corrected chi connectivity index (χ1v) is 7.82. The molecule has 3 heteroatoms. The molecular weight excluding hydrogens is 277 g/mol. The Labute approximate surface area is 132 Å². The number of nitrogens with one attached hydrogen (secondary N) is 1. The zero-order valence-corrected chi connectivity index (χ0v) is 13.0. The average Bonchev–Trinajstić information content (AvgIpc) is 2.55. The Morgan fingerprint density at radius 1 is 0.955 bits per heavy atom. The van der Waals surface area contributed by atoms with Crippen LogP contribution in [0.2, 0.25) is 0 Å². The zero-order chi connectivity index (χ0) is 15.8. The van der Waals surface area contributed by atoms with E-state index in [4.69, 9.17) is 0 Å². The van der Waals surface area contributed by atoms with Crippen LogP contribution in [0.1, 0.15) is 36.3 Å². The van der Waals surface area contributed by atoms with Gasteiger partial charge in [0, 0.05) is 19.7 Å². The van der Waals surface area contributed by atoms with Gasteiger partial charge in [-0.05, 0) is 41.5 Å².